The second-order valence-electron chi connectivity index (χ2n) is 5.31. The molecular weight excluding hydrogens is 293 g/mol. The van der Waals surface area contributed by atoms with Crippen molar-refractivity contribution in [1.82, 2.24) is 5.32 Å². The quantitative estimate of drug-likeness (QED) is 0.793. The zero-order valence-electron chi connectivity index (χ0n) is 11.6. The van der Waals surface area contributed by atoms with Crippen LogP contribution in [-0.4, -0.2) is 29.3 Å². The van der Waals surface area contributed by atoms with Crippen LogP contribution in [0, 0.1) is 11.2 Å². The Morgan fingerprint density at radius 2 is 1.86 bits per heavy atom. The van der Waals surface area contributed by atoms with Gasteiger partial charge in [0.1, 0.15) is 5.82 Å². The van der Waals surface area contributed by atoms with Crippen LogP contribution in [0.5, 0.6) is 0 Å². The highest BCUT2D eigenvalue weighted by atomic mass is 32.2. The van der Waals surface area contributed by atoms with Crippen LogP contribution < -0.4 is 5.32 Å². The highest BCUT2D eigenvalue weighted by Crippen LogP contribution is 2.37. The van der Waals surface area contributed by atoms with Gasteiger partial charge in [-0.2, -0.15) is 0 Å². The number of hydrogen-bond donors (Lipinski definition) is 2. The maximum atomic E-state index is 12.8. The molecule has 1 aromatic carbocycles. The van der Waals surface area contributed by atoms with Crippen molar-refractivity contribution in [3.05, 3.63) is 30.1 Å². The normalized spacial score (nSPS) is 16.6. The van der Waals surface area contributed by atoms with E-state index in [9.17, 15) is 19.1 Å². The van der Waals surface area contributed by atoms with E-state index in [0.29, 0.717) is 12.8 Å². The lowest BCUT2D eigenvalue weighted by molar-refractivity contribution is -0.148. The fourth-order valence-corrected chi connectivity index (χ4v) is 3.24. The Labute approximate surface area is 127 Å². The van der Waals surface area contributed by atoms with Gasteiger partial charge < -0.3 is 10.4 Å². The number of amides is 1. The average molecular weight is 311 g/mol. The Bertz CT molecular complexity index is 512. The molecule has 0 radical (unpaired) electrons. The van der Waals surface area contributed by atoms with Crippen molar-refractivity contribution < 1.29 is 19.1 Å². The highest BCUT2D eigenvalue weighted by Gasteiger charge is 2.41. The Morgan fingerprint density at radius 3 is 2.43 bits per heavy atom. The molecule has 4 nitrogen and oxygen atoms in total. The van der Waals surface area contributed by atoms with Crippen LogP contribution in [0.25, 0.3) is 0 Å². The molecular formula is C15H18FNO3S. The largest absolute Gasteiger partial charge is 0.481 e. The molecule has 0 unspecified atom stereocenters. The molecule has 2 N–H and O–H groups in total. The molecule has 0 aromatic heterocycles. The SMILES string of the molecule is O=C(CSc1ccc(F)cc1)NCC1(C(=O)O)CCCC1. The van der Waals surface area contributed by atoms with Crippen LogP contribution in [0.1, 0.15) is 25.7 Å². The van der Waals surface area contributed by atoms with Gasteiger partial charge in [0, 0.05) is 11.4 Å². The summed E-state index contributed by atoms with van der Waals surface area (Å²) in [6, 6.07) is 5.92. The monoisotopic (exact) mass is 311 g/mol. The van der Waals surface area contributed by atoms with Gasteiger partial charge in [-0.05, 0) is 37.1 Å². The van der Waals surface area contributed by atoms with E-state index in [1.54, 1.807) is 12.1 Å². The minimum Gasteiger partial charge on any atom is -0.481 e. The Kier molecular flexibility index (Phi) is 5.22. The first-order valence-corrected chi connectivity index (χ1v) is 7.89. The Balaban J connectivity index is 1.79. The lowest BCUT2D eigenvalue weighted by Gasteiger charge is -2.23. The topological polar surface area (TPSA) is 66.4 Å². The summed E-state index contributed by atoms with van der Waals surface area (Å²) in [6.07, 6.45) is 3.03. The first-order chi connectivity index (χ1) is 10.0. The van der Waals surface area contributed by atoms with E-state index in [-0.39, 0.29) is 24.0 Å². The zero-order valence-corrected chi connectivity index (χ0v) is 12.4. The lowest BCUT2D eigenvalue weighted by Crippen LogP contribution is -2.41. The van der Waals surface area contributed by atoms with Gasteiger partial charge in [-0.3, -0.25) is 9.59 Å². The van der Waals surface area contributed by atoms with Crippen molar-refractivity contribution in [2.75, 3.05) is 12.3 Å². The fraction of sp³-hybridized carbons (Fsp3) is 0.467. The summed E-state index contributed by atoms with van der Waals surface area (Å²) in [4.78, 5) is 24.0. The molecule has 1 fully saturated rings. The Hall–Kier alpha value is -1.56. The summed E-state index contributed by atoms with van der Waals surface area (Å²) in [5.74, 6) is -1.14. The minimum atomic E-state index is -0.827. The molecule has 1 amide bonds. The summed E-state index contributed by atoms with van der Waals surface area (Å²) in [6.45, 7) is 0.186. The number of nitrogens with one attached hydrogen (secondary N) is 1. The van der Waals surface area contributed by atoms with Crippen LogP contribution >= 0.6 is 11.8 Å². The van der Waals surface area contributed by atoms with Crippen LogP contribution in [-0.2, 0) is 9.59 Å². The molecule has 2 rings (SSSR count). The van der Waals surface area contributed by atoms with Gasteiger partial charge in [-0.1, -0.05) is 12.8 Å². The van der Waals surface area contributed by atoms with Crippen molar-refractivity contribution in [3.63, 3.8) is 0 Å². The summed E-state index contributed by atoms with van der Waals surface area (Å²) in [5, 5.41) is 12.0. The predicted octanol–water partition coefficient (Wildman–Crippen LogP) is 2.68. The summed E-state index contributed by atoms with van der Waals surface area (Å²) in [7, 11) is 0. The second kappa shape index (κ2) is 6.93. The summed E-state index contributed by atoms with van der Waals surface area (Å²) >= 11 is 1.30. The number of halogens is 1. The van der Waals surface area contributed by atoms with Crippen molar-refractivity contribution in [1.29, 1.82) is 0 Å². The fourth-order valence-electron chi connectivity index (χ4n) is 2.52. The predicted molar refractivity (Wildman–Crippen MR) is 78.7 cm³/mol. The van der Waals surface area contributed by atoms with E-state index < -0.39 is 11.4 Å². The molecule has 21 heavy (non-hydrogen) atoms. The lowest BCUT2D eigenvalue weighted by atomic mass is 9.86. The molecule has 0 atom stereocenters. The second-order valence-corrected chi connectivity index (χ2v) is 6.36. The number of carboxylic acid groups (broad SMARTS) is 1. The van der Waals surface area contributed by atoms with E-state index >= 15 is 0 Å². The molecule has 1 aliphatic carbocycles. The van der Waals surface area contributed by atoms with E-state index in [1.165, 1.54) is 23.9 Å². The molecule has 114 valence electrons. The molecule has 1 aliphatic rings. The number of benzene rings is 1. The van der Waals surface area contributed by atoms with Crippen LogP contribution in [0.15, 0.2) is 29.2 Å². The van der Waals surface area contributed by atoms with Gasteiger partial charge in [-0.15, -0.1) is 11.8 Å². The molecule has 6 heteroatoms. The van der Waals surface area contributed by atoms with E-state index in [1.807, 2.05) is 0 Å². The Morgan fingerprint density at radius 1 is 1.24 bits per heavy atom. The van der Waals surface area contributed by atoms with Gasteiger partial charge in [0.05, 0.1) is 11.2 Å². The van der Waals surface area contributed by atoms with E-state index in [2.05, 4.69) is 5.32 Å². The average Bonchev–Trinajstić information content (AvgIpc) is 2.95. The third kappa shape index (κ3) is 4.20. The smallest absolute Gasteiger partial charge is 0.311 e. The molecule has 0 saturated heterocycles. The summed E-state index contributed by atoms with van der Waals surface area (Å²) < 4.78 is 12.8. The maximum absolute atomic E-state index is 12.8. The number of carbonyl (C=O) groups is 2. The van der Waals surface area contributed by atoms with Gasteiger partial charge in [0.15, 0.2) is 0 Å². The number of carboxylic acids is 1. The zero-order chi connectivity index (χ0) is 15.3. The van der Waals surface area contributed by atoms with Crippen molar-refractivity contribution in [2.45, 2.75) is 30.6 Å². The molecule has 0 aliphatic heterocycles. The third-order valence-electron chi connectivity index (χ3n) is 3.82. The van der Waals surface area contributed by atoms with Crippen molar-refractivity contribution >= 4 is 23.6 Å². The van der Waals surface area contributed by atoms with Crippen LogP contribution in [0.4, 0.5) is 4.39 Å². The van der Waals surface area contributed by atoms with E-state index in [4.69, 9.17) is 0 Å². The summed E-state index contributed by atoms with van der Waals surface area (Å²) in [5.41, 5.74) is -0.795. The maximum Gasteiger partial charge on any atom is 0.311 e. The van der Waals surface area contributed by atoms with Gasteiger partial charge in [0.2, 0.25) is 5.91 Å². The van der Waals surface area contributed by atoms with Crippen molar-refractivity contribution in [3.8, 4) is 0 Å². The number of rotatable bonds is 6. The van der Waals surface area contributed by atoms with Gasteiger partial charge >= 0.3 is 5.97 Å². The molecule has 0 spiro atoms. The molecule has 1 saturated carbocycles. The minimum absolute atomic E-state index is 0.186. The van der Waals surface area contributed by atoms with Gasteiger partial charge in [0.25, 0.3) is 0 Å². The first kappa shape index (κ1) is 15.8. The standard InChI is InChI=1S/C15H18FNO3S/c16-11-3-5-12(6-4-11)21-9-13(18)17-10-15(14(19)20)7-1-2-8-15/h3-6H,1-2,7-10H2,(H,17,18)(H,19,20). The van der Waals surface area contributed by atoms with Gasteiger partial charge in [-0.25, -0.2) is 4.39 Å². The number of hydrogen-bond acceptors (Lipinski definition) is 3. The first-order valence-electron chi connectivity index (χ1n) is 6.90. The van der Waals surface area contributed by atoms with Crippen molar-refractivity contribution in [2.24, 2.45) is 5.41 Å². The third-order valence-corrected chi connectivity index (χ3v) is 4.83. The molecule has 0 heterocycles. The number of aliphatic carboxylic acids is 1. The number of thioether (sulfide) groups is 1. The number of carbonyl (C=O) groups excluding carboxylic acids is 1. The van der Waals surface area contributed by atoms with E-state index in [0.717, 1.165) is 17.7 Å². The van der Waals surface area contributed by atoms with Crippen LogP contribution in [0.2, 0.25) is 0 Å². The molecule has 0 bridgehead atoms. The molecule has 1 aromatic rings. The van der Waals surface area contributed by atoms with Crippen LogP contribution in [0.3, 0.4) is 0 Å². The highest BCUT2D eigenvalue weighted by molar-refractivity contribution is 8.00.